The Labute approximate surface area is 184 Å². The first-order valence-corrected chi connectivity index (χ1v) is 11.8. The van der Waals surface area contributed by atoms with E-state index in [2.05, 4.69) is 35.9 Å². The van der Waals surface area contributed by atoms with Gasteiger partial charge in [0.2, 0.25) is 10.0 Å². The molecule has 0 atom stereocenters. The molecule has 10 heteroatoms. The first-order chi connectivity index (χ1) is 15.0. The van der Waals surface area contributed by atoms with Crippen molar-refractivity contribution < 1.29 is 13.2 Å². The highest BCUT2D eigenvalue weighted by Gasteiger charge is 2.20. The van der Waals surface area contributed by atoms with Gasteiger partial charge in [-0.05, 0) is 31.2 Å². The van der Waals surface area contributed by atoms with Crippen LogP contribution < -0.4 is 19.7 Å². The van der Waals surface area contributed by atoms with Crippen molar-refractivity contribution in [1.82, 2.24) is 19.9 Å². The minimum Gasteiger partial charge on any atom is -0.497 e. The summed E-state index contributed by atoms with van der Waals surface area (Å²) in [5.41, 5.74) is 1.14. The third-order valence-electron chi connectivity index (χ3n) is 4.94. The summed E-state index contributed by atoms with van der Waals surface area (Å²) in [6.45, 7) is 6.71. The number of guanidine groups is 1. The molecule has 2 heterocycles. The monoisotopic (exact) mass is 446 g/mol. The number of rotatable bonds is 8. The number of hydrogen-bond acceptors (Lipinski definition) is 6. The lowest BCUT2D eigenvalue weighted by Crippen LogP contribution is -2.52. The molecule has 3 rings (SSSR count). The van der Waals surface area contributed by atoms with Crippen molar-refractivity contribution in [3.05, 3.63) is 48.8 Å². The number of nitrogens with zero attached hydrogens (tertiary/aromatic N) is 4. The van der Waals surface area contributed by atoms with Gasteiger partial charge in [0.25, 0.3) is 0 Å². The van der Waals surface area contributed by atoms with Gasteiger partial charge < -0.3 is 19.9 Å². The number of nitrogens with one attached hydrogen (secondary N) is 2. The van der Waals surface area contributed by atoms with Crippen molar-refractivity contribution in [3.63, 3.8) is 0 Å². The van der Waals surface area contributed by atoms with Gasteiger partial charge in [0.05, 0.1) is 13.7 Å². The van der Waals surface area contributed by atoms with E-state index in [1.807, 2.05) is 25.1 Å². The number of aromatic nitrogens is 1. The molecule has 2 aromatic rings. The zero-order chi connectivity index (χ0) is 22.1. The molecule has 0 amide bonds. The van der Waals surface area contributed by atoms with E-state index in [1.54, 1.807) is 19.4 Å². The summed E-state index contributed by atoms with van der Waals surface area (Å²) in [6.07, 6.45) is 2.87. The Morgan fingerprint density at radius 2 is 2.00 bits per heavy atom. The van der Waals surface area contributed by atoms with Crippen LogP contribution in [0.1, 0.15) is 6.92 Å². The Bertz CT molecular complexity index is 960. The van der Waals surface area contributed by atoms with Crippen LogP contribution in [0.15, 0.2) is 58.7 Å². The van der Waals surface area contributed by atoms with Crippen molar-refractivity contribution in [2.75, 3.05) is 57.8 Å². The normalized spacial score (nSPS) is 15.1. The zero-order valence-corrected chi connectivity index (χ0v) is 18.8. The molecule has 0 aliphatic carbocycles. The highest BCUT2D eigenvalue weighted by Crippen LogP contribution is 2.22. The van der Waals surface area contributed by atoms with Crippen LogP contribution >= 0.6 is 0 Å². The van der Waals surface area contributed by atoms with E-state index in [1.165, 1.54) is 12.3 Å². The Balaban J connectivity index is 1.54. The second-order valence-corrected chi connectivity index (χ2v) is 8.76. The number of ether oxygens (including phenoxy) is 1. The molecule has 1 aromatic heterocycles. The largest absolute Gasteiger partial charge is 0.497 e. The number of benzene rings is 1. The number of aliphatic imine (C=N–C) groups is 1. The highest BCUT2D eigenvalue weighted by molar-refractivity contribution is 7.89. The van der Waals surface area contributed by atoms with E-state index in [0.717, 1.165) is 50.1 Å². The minimum absolute atomic E-state index is 0.152. The van der Waals surface area contributed by atoms with Crippen LogP contribution in [0.3, 0.4) is 0 Å². The Morgan fingerprint density at radius 3 is 2.68 bits per heavy atom. The Hall–Kier alpha value is -2.85. The summed E-state index contributed by atoms with van der Waals surface area (Å²) in [5.74, 6) is 1.65. The predicted molar refractivity (Wildman–Crippen MR) is 122 cm³/mol. The van der Waals surface area contributed by atoms with Gasteiger partial charge in [0.15, 0.2) is 5.96 Å². The molecule has 31 heavy (non-hydrogen) atoms. The molecule has 0 bridgehead atoms. The predicted octanol–water partition coefficient (Wildman–Crippen LogP) is 1.16. The molecule has 1 fully saturated rings. The maximum atomic E-state index is 12.3. The van der Waals surface area contributed by atoms with Crippen LogP contribution in [0, 0.1) is 0 Å². The fraction of sp³-hybridized carbons (Fsp3) is 0.429. The molecule has 1 aliphatic rings. The van der Waals surface area contributed by atoms with Crippen molar-refractivity contribution in [1.29, 1.82) is 0 Å². The number of hydrogen-bond donors (Lipinski definition) is 2. The number of methoxy groups -OCH3 is 1. The maximum absolute atomic E-state index is 12.3. The standard InChI is InChI=1S/C21H30N6O3S/c1-3-23-21(24-10-11-25-31(28,29)20-8-5-9-22-17-20)27-14-12-26(13-15-27)18-6-4-7-19(16-18)30-2/h4-9,16-17,25H,3,10-15H2,1-2H3,(H,23,24). The first kappa shape index (κ1) is 22.8. The van der Waals surface area contributed by atoms with Gasteiger partial charge >= 0.3 is 0 Å². The van der Waals surface area contributed by atoms with Crippen LogP contribution in [0.2, 0.25) is 0 Å². The van der Waals surface area contributed by atoms with Gasteiger partial charge in [0.1, 0.15) is 10.6 Å². The molecule has 168 valence electrons. The average Bonchev–Trinajstić information content (AvgIpc) is 2.82. The third kappa shape index (κ3) is 6.31. The molecule has 1 saturated heterocycles. The second-order valence-electron chi connectivity index (χ2n) is 7.00. The fourth-order valence-corrected chi connectivity index (χ4v) is 4.32. The molecular weight excluding hydrogens is 416 g/mol. The lowest BCUT2D eigenvalue weighted by atomic mass is 10.2. The minimum atomic E-state index is -3.57. The van der Waals surface area contributed by atoms with Crippen molar-refractivity contribution in [3.8, 4) is 5.75 Å². The fourth-order valence-electron chi connectivity index (χ4n) is 3.34. The summed E-state index contributed by atoms with van der Waals surface area (Å²) in [6, 6.07) is 11.2. The van der Waals surface area contributed by atoms with Gasteiger partial charge in [-0.3, -0.25) is 9.98 Å². The van der Waals surface area contributed by atoms with Crippen LogP contribution in [0.5, 0.6) is 5.75 Å². The number of anilines is 1. The van der Waals surface area contributed by atoms with E-state index in [-0.39, 0.29) is 11.4 Å². The van der Waals surface area contributed by atoms with Gasteiger partial charge in [0, 0.05) is 63.4 Å². The Morgan fingerprint density at radius 1 is 1.19 bits per heavy atom. The van der Waals surface area contributed by atoms with E-state index in [4.69, 9.17) is 4.74 Å². The molecule has 2 N–H and O–H groups in total. The quantitative estimate of drug-likeness (QED) is 0.357. The van der Waals surface area contributed by atoms with Crippen molar-refractivity contribution >= 4 is 21.7 Å². The van der Waals surface area contributed by atoms with E-state index < -0.39 is 10.0 Å². The first-order valence-electron chi connectivity index (χ1n) is 10.4. The second kappa shape index (κ2) is 11.0. The van der Waals surface area contributed by atoms with Crippen LogP contribution in [-0.4, -0.2) is 77.2 Å². The van der Waals surface area contributed by atoms with Gasteiger partial charge in [-0.15, -0.1) is 0 Å². The number of piperazine rings is 1. The van der Waals surface area contributed by atoms with Crippen LogP contribution in [0.4, 0.5) is 5.69 Å². The smallest absolute Gasteiger partial charge is 0.242 e. The number of sulfonamides is 1. The summed E-state index contributed by atoms with van der Waals surface area (Å²) >= 11 is 0. The van der Waals surface area contributed by atoms with Gasteiger partial charge in [-0.25, -0.2) is 13.1 Å². The summed E-state index contributed by atoms with van der Waals surface area (Å²) in [5, 5.41) is 3.30. The number of pyridine rings is 1. The Kier molecular flexibility index (Phi) is 8.07. The third-order valence-corrected chi connectivity index (χ3v) is 6.39. The summed E-state index contributed by atoms with van der Waals surface area (Å²) in [7, 11) is -1.90. The zero-order valence-electron chi connectivity index (χ0n) is 18.0. The SMILES string of the molecule is CCNC(=NCCNS(=O)(=O)c1cccnc1)N1CCN(c2cccc(OC)c2)CC1. The molecule has 1 aliphatic heterocycles. The molecule has 9 nitrogen and oxygen atoms in total. The maximum Gasteiger partial charge on any atom is 0.242 e. The highest BCUT2D eigenvalue weighted by atomic mass is 32.2. The van der Waals surface area contributed by atoms with E-state index in [9.17, 15) is 8.42 Å². The lowest BCUT2D eigenvalue weighted by molar-refractivity contribution is 0.372. The molecule has 0 radical (unpaired) electrons. The van der Waals surface area contributed by atoms with E-state index >= 15 is 0 Å². The van der Waals surface area contributed by atoms with Gasteiger partial charge in [-0.1, -0.05) is 6.07 Å². The van der Waals surface area contributed by atoms with Gasteiger partial charge in [-0.2, -0.15) is 0 Å². The van der Waals surface area contributed by atoms with Crippen LogP contribution in [-0.2, 0) is 10.0 Å². The molecule has 0 spiro atoms. The van der Waals surface area contributed by atoms with E-state index in [0.29, 0.717) is 6.54 Å². The lowest BCUT2D eigenvalue weighted by Gasteiger charge is -2.37. The van der Waals surface area contributed by atoms with Crippen LogP contribution in [0.25, 0.3) is 0 Å². The molecule has 0 saturated carbocycles. The molecule has 0 unspecified atom stereocenters. The van der Waals surface area contributed by atoms with Crippen molar-refractivity contribution in [2.45, 2.75) is 11.8 Å². The topological polar surface area (TPSA) is 99.2 Å². The molecular formula is C21H30N6O3S. The molecule has 1 aromatic carbocycles. The average molecular weight is 447 g/mol. The summed E-state index contributed by atoms with van der Waals surface area (Å²) in [4.78, 5) is 13.1. The van der Waals surface area contributed by atoms with Crippen molar-refractivity contribution in [2.24, 2.45) is 4.99 Å². The summed E-state index contributed by atoms with van der Waals surface area (Å²) < 4.78 is 32.5.